The fourth-order valence-corrected chi connectivity index (χ4v) is 1.25. The number of ether oxygens (including phenoxy) is 2. The smallest absolute Gasteiger partial charge is 0.407 e. The van der Waals surface area contributed by atoms with Crippen molar-refractivity contribution in [3.05, 3.63) is 0 Å². The Hall–Kier alpha value is -0.810. The molecule has 1 aliphatic rings. The molecule has 1 unspecified atom stereocenters. The van der Waals surface area contributed by atoms with Gasteiger partial charge in [-0.1, -0.05) is 13.8 Å². The lowest BCUT2D eigenvalue weighted by atomic mass is 10.2. The highest BCUT2D eigenvalue weighted by atomic mass is 16.5. The minimum atomic E-state index is -0.351. The maximum atomic E-state index is 11.2. The third kappa shape index (κ3) is 5.59. The van der Waals surface area contributed by atoms with Crippen LogP contribution in [0.5, 0.6) is 0 Å². The number of amides is 1. The third-order valence-electron chi connectivity index (χ3n) is 2.04. The molecule has 1 heterocycles. The van der Waals surface area contributed by atoms with Crippen LogP contribution in [0.2, 0.25) is 0 Å². The standard InChI is InChI=1S/C10H20N2O3/c1-8(2)6-15-10(13)12-5-9-7-14-4-3-11-9/h8-9,11H,3-7H2,1-2H3,(H,12,13). The van der Waals surface area contributed by atoms with Gasteiger partial charge < -0.3 is 20.1 Å². The lowest BCUT2D eigenvalue weighted by Gasteiger charge is -2.23. The lowest BCUT2D eigenvalue weighted by Crippen LogP contribution is -2.48. The molecule has 0 saturated carbocycles. The number of morpholine rings is 1. The van der Waals surface area contributed by atoms with E-state index >= 15 is 0 Å². The van der Waals surface area contributed by atoms with Crippen molar-refractivity contribution in [2.45, 2.75) is 19.9 Å². The largest absolute Gasteiger partial charge is 0.449 e. The normalized spacial score (nSPS) is 21.4. The summed E-state index contributed by atoms with van der Waals surface area (Å²) in [6.07, 6.45) is -0.351. The summed E-state index contributed by atoms with van der Waals surface area (Å²) in [7, 11) is 0. The van der Waals surface area contributed by atoms with E-state index in [1.54, 1.807) is 0 Å². The highest BCUT2D eigenvalue weighted by Crippen LogP contribution is 1.94. The van der Waals surface area contributed by atoms with Gasteiger partial charge in [0.2, 0.25) is 0 Å². The highest BCUT2D eigenvalue weighted by molar-refractivity contribution is 5.67. The zero-order valence-corrected chi connectivity index (χ0v) is 9.41. The Morgan fingerprint density at radius 3 is 3.07 bits per heavy atom. The molecule has 1 fully saturated rings. The van der Waals surface area contributed by atoms with Crippen molar-refractivity contribution in [1.29, 1.82) is 0 Å². The first-order chi connectivity index (χ1) is 7.18. The van der Waals surface area contributed by atoms with Gasteiger partial charge in [-0.15, -0.1) is 0 Å². The molecular weight excluding hydrogens is 196 g/mol. The average Bonchev–Trinajstić information content (AvgIpc) is 2.25. The van der Waals surface area contributed by atoms with Crippen LogP contribution in [0, 0.1) is 5.92 Å². The molecule has 0 spiro atoms. The average molecular weight is 216 g/mol. The second-order valence-corrected chi connectivity index (χ2v) is 4.10. The molecule has 15 heavy (non-hydrogen) atoms. The molecule has 0 aliphatic carbocycles. The molecule has 88 valence electrons. The Kier molecular flexibility index (Phi) is 5.42. The van der Waals surface area contributed by atoms with Crippen molar-refractivity contribution < 1.29 is 14.3 Å². The molecule has 2 N–H and O–H groups in total. The van der Waals surface area contributed by atoms with Gasteiger partial charge in [0.15, 0.2) is 0 Å². The number of hydrogen-bond acceptors (Lipinski definition) is 4. The Labute approximate surface area is 90.5 Å². The Bertz CT molecular complexity index is 191. The zero-order chi connectivity index (χ0) is 11.1. The molecule has 0 bridgehead atoms. The summed E-state index contributed by atoms with van der Waals surface area (Å²) in [4.78, 5) is 11.2. The monoisotopic (exact) mass is 216 g/mol. The molecule has 0 aromatic carbocycles. The van der Waals surface area contributed by atoms with Crippen LogP contribution in [0.3, 0.4) is 0 Å². The van der Waals surface area contributed by atoms with E-state index in [0.717, 1.165) is 13.2 Å². The van der Waals surface area contributed by atoms with Crippen LogP contribution in [0.25, 0.3) is 0 Å². The highest BCUT2D eigenvalue weighted by Gasteiger charge is 2.14. The van der Waals surface area contributed by atoms with Gasteiger partial charge in [0.05, 0.1) is 19.8 Å². The molecule has 5 nitrogen and oxygen atoms in total. The second-order valence-electron chi connectivity index (χ2n) is 4.10. The summed E-state index contributed by atoms with van der Waals surface area (Å²) in [5, 5.41) is 5.95. The number of alkyl carbamates (subject to hydrolysis) is 1. The van der Waals surface area contributed by atoms with Crippen LogP contribution in [0.4, 0.5) is 4.79 Å². The molecular formula is C10H20N2O3. The van der Waals surface area contributed by atoms with Crippen LogP contribution in [0.15, 0.2) is 0 Å². The van der Waals surface area contributed by atoms with Gasteiger partial charge in [-0.3, -0.25) is 0 Å². The number of rotatable bonds is 4. The molecule has 0 aromatic heterocycles. The SMILES string of the molecule is CC(C)COC(=O)NCC1COCCN1. The Morgan fingerprint density at radius 1 is 1.67 bits per heavy atom. The first-order valence-electron chi connectivity index (χ1n) is 5.40. The molecule has 1 atom stereocenters. The van der Waals surface area contributed by atoms with E-state index in [0.29, 0.717) is 25.7 Å². The van der Waals surface area contributed by atoms with Crippen molar-refractivity contribution in [2.75, 3.05) is 32.9 Å². The first kappa shape index (κ1) is 12.3. The van der Waals surface area contributed by atoms with Gasteiger partial charge in [-0.05, 0) is 5.92 Å². The van der Waals surface area contributed by atoms with E-state index in [1.807, 2.05) is 13.8 Å². The lowest BCUT2D eigenvalue weighted by molar-refractivity contribution is 0.0747. The van der Waals surface area contributed by atoms with E-state index in [4.69, 9.17) is 9.47 Å². The van der Waals surface area contributed by atoms with Crippen LogP contribution in [0.1, 0.15) is 13.8 Å². The summed E-state index contributed by atoms with van der Waals surface area (Å²) in [6, 6.07) is 0.199. The molecule has 5 heteroatoms. The van der Waals surface area contributed by atoms with Gasteiger partial charge in [0, 0.05) is 19.1 Å². The molecule has 1 saturated heterocycles. The van der Waals surface area contributed by atoms with Crippen LogP contribution >= 0.6 is 0 Å². The van der Waals surface area contributed by atoms with E-state index in [9.17, 15) is 4.79 Å². The minimum Gasteiger partial charge on any atom is -0.449 e. The topological polar surface area (TPSA) is 59.6 Å². The summed E-state index contributed by atoms with van der Waals surface area (Å²) in [5.41, 5.74) is 0. The van der Waals surface area contributed by atoms with E-state index in [1.165, 1.54) is 0 Å². The van der Waals surface area contributed by atoms with Gasteiger partial charge >= 0.3 is 6.09 Å². The van der Waals surface area contributed by atoms with E-state index < -0.39 is 0 Å². The van der Waals surface area contributed by atoms with Crippen molar-refractivity contribution >= 4 is 6.09 Å². The molecule has 0 aromatic rings. The van der Waals surface area contributed by atoms with Gasteiger partial charge in [0.1, 0.15) is 0 Å². The maximum Gasteiger partial charge on any atom is 0.407 e. The number of hydrogen-bond donors (Lipinski definition) is 2. The molecule has 0 radical (unpaired) electrons. The van der Waals surface area contributed by atoms with Crippen molar-refractivity contribution in [3.63, 3.8) is 0 Å². The summed E-state index contributed by atoms with van der Waals surface area (Å²) < 4.78 is 10.2. The van der Waals surface area contributed by atoms with Crippen molar-refractivity contribution in [2.24, 2.45) is 5.92 Å². The molecule has 1 rings (SSSR count). The fourth-order valence-electron chi connectivity index (χ4n) is 1.25. The van der Waals surface area contributed by atoms with Gasteiger partial charge in [0.25, 0.3) is 0 Å². The fraction of sp³-hybridized carbons (Fsp3) is 0.900. The number of carbonyl (C=O) groups is 1. The van der Waals surface area contributed by atoms with Gasteiger partial charge in [-0.25, -0.2) is 4.79 Å². The third-order valence-corrected chi connectivity index (χ3v) is 2.04. The van der Waals surface area contributed by atoms with Gasteiger partial charge in [-0.2, -0.15) is 0 Å². The molecule has 1 aliphatic heterocycles. The summed E-state index contributed by atoms with van der Waals surface area (Å²) in [6.45, 7) is 7.25. The van der Waals surface area contributed by atoms with Crippen LogP contribution in [-0.2, 0) is 9.47 Å². The number of carbonyl (C=O) groups excluding carboxylic acids is 1. The van der Waals surface area contributed by atoms with E-state index in [2.05, 4.69) is 10.6 Å². The van der Waals surface area contributed by atoms with E-state index in [-0.39, 0.29) is 12.1 Å². The second kappa shape index (κ2) is 6.63. The zero-order valence-electron chi connectivity index (χ0n) is 9.41. The maximum absolute atomic E-state index is 11.2. The van der Waals surface area contributed by atoms with Crippen LogP contribution < -0.4 is 10.6 Å². The predicted molar refractivity (Wildman–Crippen MR) is 56.8 cm³/mol. The minimum absolute atomic E-state index is 0.199. The quantitative estimate of drug-likeness (QED) is 0.712. The Morgan fingerprint density at radius 2 is 2.47 bits per heavy atom. The van der Waals surface area contributed by atoms with Crippen molar-refractivity contribution in [1.82, 2.24) is 10.6 Å². The first-order valence-corrected chi connectivity index (χ1v) is 5.40. The Balaban J connectivity index is 2.05. The van der Waals surface area contributed by atoms with Crippen LogP contribution in [-0.4, -0.2) is 45.0 Å². The predicted octanol–water partition coefficient (Wildman–Crippen LogP) is 0.357. The van der Waals surface area contributed by atoms with Crippen molar-refractivity contribution in [3.8, 4) is 0 Å². The summed E-state index contributed by atoms with van der Waals surface area (Å²) >= 11 is 0. The summed E-state index contributed by atoms with van der Waals surface area (Å²) in [5.74, 6) is 0.367. The number of nitrogens with one attached hydrogen (secondary N) is 2. The molecule has 1 amide bonds.